The molecule has 0 atom stereocenters. The van der Waals surface area contributed by atoms with Crippen LogP contribution in [0.25, 0.3) is 0 Å². The Morgan fingerprint density at radius 3 is 2.80 bits per heavy atom. The highest BCUT2D eigenvalue weighted by Crippen LogP contribution is 2.25. The lowest BCUT2D eigenvalue weighted by atomic mass is 10.2. The van der Waals surface area contributed by atoms with Crippen molar-refractivity contribution in [3.8, 4) is 0 Å². The first kappa shape index (κ1) is 15.1. The summed E-state index contributed by atoms with van der Waals surface area (Å²) in [6, 6.07) is 4.65. The first-order valence-corrected chi connectivity index (χ1v) is 7.72. The molecule has 1 amide bonds. The van der Waals surface area contributed by atoms with Crippen molar-refractivity contribution in [2.75, 3.05) is 6.54 Å². The molecule has 1 heterocycles. The molecule has 0 bridgehead atoms. The first-order chi connectivity index (χ1) is 9.66. The lowest BCUT2D eigenvalue weighted by Crippen LogP contribution is -2.40. The summed E-state index contributed by atoms with van der Waals surface area (Å²) >= 11 is 0. The molecular weight excluding hydrogens is 252 g/mol. The predicted molar refractivity (Wildman–Crippen MR) is 79.3 cm³/mol. The van der Waals surface area contributed by atoms with Crippen molar-refractivity contribution in [3.05, 3.63) is 24.2 Å². The molecule has 0 radical (unpaired) electrons. The highest BCUT2D eigenvalue weighted by molar-refractivity contribution is 5.76. The van der Waals surface area contributed by atoms with Crippen LogP contribution in [0.1, 0.15) is 51.7 Å². The standard InChI is InChI=1S/C16H26N2O2/c1-13(2)17-10-9-16(19)18(14-6-3-4-7-14)12-15-8-5-11-20-15/h5,8,11,13-14,17H,3-4,6-7,9-10,12H2,1-2H3. The minimum absolute atomic E-state index is 0.237. The maximum atomic E-state index is 12.5. The summed E-state index contributed by atoms with van der Waals surface area (Å²) in [6.07, 6.45) is 6.96. The van der Waals surface area contributed by atoms with Crippen LogP contribution in [0.15, 0.2) is 22.8 Å². The lowest BCUT2D eigenvalue weighted by molar-refractivity contribution is -0.134. The minimum Gasteiger partial charge on any atom is -0.467 e. The third-order valence-corrected chi connectivity index (χ3v) is 3.88. The molecular formula is C16H26N2O2. The van der Waals surface area contributed by atoms with Gasteiger partial charge in [-0.25, -0.2) is 0 Å². The molecule has 1 N–H and O–H groups in total. The van der Waals surface area contributed by atoms with Gasteiger partial charge in [0.15, 0.2) is 0 Å². The molecule has 20 heavy (non-hydrogen) atoms. The van der Waals surface area contributed by atoms with E-state index in [4.69, 9.17) is 4.42 Å². The van der Waals surface area contributed by atoms with Crippen LogP contribution in [-0.2, 0) is 11.3 Å². The number of carbonyl (C=O) groups excluding carboxylic acids is 1. The number of rotatable bonds is 7. The first-order valence-electron chi connectivity index (χ1n) is 7.72. The Kier molecular flexibility index (Phi) is 5.65. The van der Waals surface area contributed by atoms with E-state index in [0.29, 0.717) is 25.0 Å². The van der Waals surface area contributed by atoms with E-state index in [1.807, 2.05) is 17.0 Å². The number of hydrogen-bond acceptors (Lipinski definition) is 3. The van der Waals surface area contributed by atoms with Crippen molar-refractivity contribution in [3.63, 3.8) is 0 Å². The summed E-state index contributed by atoms with van der Waals surface area (Å²) in [6.45, 7) is 5.56. The molecule has 2 rings (SSSR count). The van der Waals surface area contributed by atoms with E-state index < -0.39 is 0 Å². The zero-order chi connectivity index (χ0) is 14.4. The molecule has 4 heteroatoms. The van der Waals surface area contributed by atoms with Crippen LogP contribution in [0, 0.1) is 0 Å². The lowest BCUT2D eigenvalue weighted by Gasteiger charge is -2.28. The van der Waals surface area contributed by atoms with Gasteiger partial charge in [0.2, 0.25) is 5.91 Å². The van der Waals surface area contributed by atoms with Gasteiger partial charge in [-0.15, -0.1) is 0 Å². The van der Waals surface area contributed by atoms with Crippen molar-refractivity contribution in [1.82, 2.24) is 10.2 Å². The summed E-state index contributed by atoms with van der Waals surface area (Å²) in [7, 11) is 0. The predicted octanol–water partition coefficient (Wildman–Crippen LogP) is 2.94. The largest absolute Gasteiger partial charge is 0.467 e. The number of hydrogen-bond donors (Lipinski definition) is 1. The van der Waals surface area contributed by atoms with Gasteiger partial charge in [0, 0.05) is 25.0 Å². The molecule has 1 fully saturated rings. The smallest absolute Gasteiger partial charge is 0.224 e. The topological polar surface area (TPSA) is 45.5 Å². The Labute approximate surface area is 121 Å². The van der Waals surface area contributed by atoms with Crippen LogP contribution >= 0.6 is 0 Å². The molecule has 1 aliphatic rings. The molecule has 0 unspecified atom stereocenters. The third kappa shape index (κ3) is 4.37. The Bertz CT molecular complexity index is 395. The maximum absolute atomic E-state index is 12.5. The minimum atomic E-state index is 0.237. The monoisotopic (exact) mass is 278 g/mol. The van der Waals surface area contributed by atoms with Gasteiger partial charge in [-0.05, 0) is 25.0 Å². The molecule has 1 aromatic heterocycles. The number of nitrogens with zero attached hydrogens (tertiary/aromatic N) is 1. The van der Waals surface area contributed by atoms with Crippen LogP contribution in [0.2, 0.25) is 0 Å². The number of amides is 1. The number of carbonyl (C=O) groups is 1. The van der Waals surface area contributed by atoms with Crippen molar-refractivity contribution in [1.29, 1.82) is 0 Å². The second kappa shape index (κ2) is 7.48. The van der Waals surface area contributed by atoms with Crippen molar-refractivity contribution in [2.45, 2.75) is 64.6 Å². The summed E-state index contributed by atoms with van der Waals surface area (Å²) in [5, 5.41) is 3.31. The fourth-order valence-electron chi connectivity index (χ4n) is 2.82. The van der Waals surface area contributed by atoms with E-state index in [-0.39, 0.29) is 5.91 Å². The van der Waals surface area contributed by atoms with E-state index >= 15 is 0 Å². The Morgan fingerprint density at radius 2 is 2.20 bits per heavy atom. The van der Waals surface area contributed by atoms with Gasteiger partial charge in [-0.1, -0.05) is 26.7 Å². The van der Waals surface area contributed by atoms with E-state index in [1.165, 1.54) is 12.8 Å². The fraction of sp³-hybridized carbons (Fsp3) is 0.688. The van der Waals surface area contributed by atoms with Crippen molar-refractivity contribution >= 4 is 5.91 Å². The molecule has 0 aromatic carbocycles. The van der Waals surface area contributed by atoms with E-state index in [9.17, 15) is 4.79 Å². The van der Waals surface area contributed by atoms with Crippen LogP contribution < -0.4 is 5.32 Å². The van der Waals surface area contributed by atoms with Crippen LogP contribution in [0.5, 0.6) is 0 Å². The highest BCUT2D eigenvalue weighted by atomic mass is 16.3. The van der Waals surface area contributed by atoms with Gasteiger partial charge in [-0.3, -0.25) is 4.79 Å². The van der Waals surface area contributed by atoms with Crippen LogP contribution in [-0.4, -0.2) is 29.4 Å². The Morgan fingerprint density at radius 1 is 1.45 bits per heavy atom. The molecule has 1 saturated carbocycles. The molecule has 1 aliphatic carbocycles. The molecule has 1 aromatic rings. The SMILES string of the molecule is CC(C)NCCC(=O)N(Cc1ccco1)C1CCCC1. The fourth-order valence-corrected chi connectivity index (χ4v) is 2.82. The summed E-state index contributed by atoms with van der Waals surface area (Å²) in [5.74, 6) is 1.11. The highest BCUT2D eigenvalue weighted by Gasteiger charge is 2.27. The number of nitrogens with one attached hydrogen (secondary N) is 1. The van der Waals surface area contributed by atoms with E-state index in [0.717, 1.165) is 25.1 Å². The zero-order valence-corrected chi connectivity index (χ0v) is 12.6. The average Bonchev–Trinajstić information content (AvgIpc) is 3.08. The van der Waals surface area contributed by atoms with Crippen LogP contribution in [0.4, 0.5) is 0 Å². The molecule has 4 nitrogen and oxygen atoms in total. The zero-order valence-electron chi connectivity index (χ0n) is 12.6. The normalized spacial score (nSPS) is 15.9. The quantitative estimate of drug-likeness (QED) is 0.834. The second-order valence-corrected chi connectivity index (χ2v) is 5.90. The molecule has 0 saturated heterocycles. The summed E-state index contributed by atoms with van der Waals surface area (Å²) in [4.78, 5) is 14.5. The van der Waals surface area contributed by atoms with E-state index in [2.05, 4.69) is 19.2 Å². The van der Waals surface area contributed by atoms with Gasteiger partial charge in [-0.2, -0.15) is 0 Å². The van der Waals surface area contributed by atoms with Gasteiger partial charge in [0.1, 0.15) is 5.76 Å². The molecule has 0 spiro atoms. The molecule has 112 valence electrons. The second-order valence-electron chi connectivity index (χ2n) is 5.90. The maximum Gasteiger partial charge on any atom is 0.224 e. The van der Waals surface area contributed by atoms with Gasteiger partial charge >= 0.3 is 0 Å². The van der Waals surface area contributed by atoms with Gasteiger partial charge in [0.25, 0.3) is 0 Å². The summed E-state index contributed by atoms with van der Waals surface area (Å²) in [5.41, 5.74) is 0. The Balaban J connectivity index is 1.92. The number of furan rings is 1. The third-order valence-electron chi connectivity index (χ3n) is 3.88. The van der Waals surface area contributed by atoms with Gasteiger partial charge < -0.3 is 14.6 Å². The summed E-state index contributed by atoms with van der Waals surface area (Å²) < 4.78 is 5.41. The average molecular weight is 278 g/mol. The van der Waals surface area contributed by atoms with Crippen molar-refractivity contribution < 1.29 is 9.21 Å². The molecule has 0 aliphatic heterocycles. The Hall–Kier alpha value is -1.29. The van der Waals surface area contributed by atoms with Crippen LogP contribution in [0.3, 0.4) is 0 Å². The van der Waals surface area contributed by atoms with Crippen molar-refractivity contribution in [2.24, 2.45) is 0 Å². The van der Waals surface area contributed by atoms with E-state index in [1.54, 1.807) is 6.26 Å². The van der Waals surface area contributed by atoms with Gasteiger partial charge in [0.05, 0.1) is 12.8 Å².